The van der Waals surface area contributed by atoms with E-state index >= 15 is 0 Å². The van der Waals surface area contributed by atoms with E-state index < -0.39 is 0 Å². The Hall–Kier alpha value is -1.36. The number of anilines is 1. The molecule has 1 saturated carbocycles. The van der Waals surface area contributed by atoms with Crippen LogP contribution in [-0.2, 0) is 0 Å². The molecule has 1 spiro atoms. The fourth-order valence-electron chi connectivity index (χ4n) is 3.96. The van der Waals surface area contributed by atoms with E-state index in [1.807, 2.05) is 0 Å². The van der Waals surface area contributed by atoms with Crippen molar-refractivity contribution in [3.05, 3.63) is 22.2 Å². The summed E-state index contributed by atoms with van der Waals surface area (Å²) in [7, 11) is 0. The molecule has 1 unspecified atom stereocenters. The molecule has 1 aliphatic carbocycles. The minimum atomic E-state index is 0.00305. The maximum absolute atomic E-state index is 11.9. The molecular formula is C16H24N4O. The number of hydrogen-bond donors (Lipinski definition) is 2. The van der Waals surface area contributed by atoms with Gasteiger partial charge in [0.05, 0.1) is 0 Å². The van der Waals surface area contributed by atoms with Crippen LogP contribution >= 0.6 is 0 Å². The average Bonchev–Trinajstić information content (AvgIpc) is 3.32. The highest BCUT2D eigenvalue weighted by Crippen LogP contribution is 2.39. The predicted molar refractivity (Wildman–Crippen MR) is 82.8 cm³/mol. The molecule has 1 atom stereocenters. The molecular weight excluding hydrogens is 264 g/mol. The Kier molecular flexibility index (Phi) is 3.25. The summed E-state index contributed by atoms with van der Waals surface area (Å²) in [4.78, 5) is 21.9. The van der Waals surface area contributed by atoms with Gasteiger partial charge in [-0.2, -0.15) is 0 Å². The summed E-state index contributed by atoms with van der Waals surface area (Å²) in [5.41, 5.74) is 0.392. The number of rotatable bonds is 2. The van der Waals surface area contributed by atoms with Gasteiger partial charge in [0.1, 0.15) is 11.6 Å². The lowest BCUT2D eigenvalue weighted by atomic mass is 9.74. The molecule has 2 N–H and O–H groups in total. The summed E-state index contributed by atoms with van der Waals surface area (Å²) in [6, 6.07) is 1.68. The van der Waals surface area contributed by atoms with Crippen LogP contribution in [0.3, 0.4) is 0 Å². The van der Waals surface area contributed by atoms with Crippen molar-refractivity contribution in [3.8, 4) is 0 Å². The standard InChI is InChI=1S/C16H24N4O/c21-14-9-13(18-15(19-14)12-3-4-12)20-8-2-6-16(11-20)5-1-7-17-10-16/h9,12,17H,1-8,10-11H2,(H,18,19,21). The number of aromatic amines is 1. The van der Waals surface area contributed by atoms with Gasteiger partial charge in [-0.25, -0.2) is 4.98 Å². The van der Waals surface area contributed by atoms with Crippen molar-refractivity contribution in [1.82, 2.24) is 15.3 Å². The van der Waals surface area contributed by atoms with Crippen molar-refractivity contribution >= 4 is 5.82 Å². The highest BCUT2D eigenvalue weighted by atomic mass is 16.1. The molecule has 5 nitrogen and oxygen atoms in total. The van der Waals surface area contributed by atoms with Gasteiger partial charge in [-0.1, -0.05) is 0 Å². The zero-order valence-electron chi connectivity index (χ0n) is 12.5. The van der Waals surface area contributed by atoms with Crippen LogP contribution in [0.15, 0.2) is 10.9 Å². The van der Waals surface area contributed by atoms with E-state index in [1.54, 1.807) is 6.07 Å². The summed E-state index contributed by atoms with van der Waals surface area (Å²) < 4.78 is 0. The van der Waals surface area contributed by atoms with Gasteiger partial charge >= 0.3 is 0 Å². The summed E-state index contributed by atoms with van der Waals surface area (Å²) in [5, 5.41) is 3.55. The van der Waals surface area contributed by atoms with Crippen LogP contribution in [0.25, 0.3) is 0 Å². The largest absolute Gasteiger partial charge is 0.356 e. The number of H-pyrrole nitrogens is 1. The second-order valence-electron chi connectivity index (χ2n) is 7.07. The average molecular weight is 288 g/mol. The molecule has 2 aliphatic heterocycles. The first-order chi connectivity index (χ1) is 10.2. The molecule has 0 radical (unpaired) electrons. The van der Waals surface area contributed by atoms with Crippen molar-refractivity contribution in [2.45, 2.75) is 44.4 Å². The molecule has 1 aromatic heterocycles. The van der Waals surface area contributed by atoms with Crippen LogP contribution in [0.1, 0.15) is 50.3 Å². The molecule has 114 valence electrons. The molecule has 3 fully saturated rings. The quantitative estimate of drug-likeness (QED) is 0.868. The number of nitrogens with one attached hydrogen (secondary N) is 2. The molecule has 0 bridgehead atoms. The van der Waals surface area contributed by atoms with Crippen LogP contribution in [-0.4, -0.2) is 36.1 Å². The van der Waals surface area contributed by atoms with E-state index in [2.05, 4.69) is 15.2 Å². The molecule has 0 aromatic carbocycles. The van der Waals surface area contributed by atoms with Gasteiger partial charge in [-0.3, -0.25) is 4.79 Å². The van der Waals surface area contributed by atoms with Gasteiger partial charge in [0.25, 0.3) is 5.56 Å². The van der Waals surface area contributed by atoms with Crippen LogP contribution in [0.2, 0.25) is 0 Å². The van der Waals surface area contributed by atoms with Crippen LogP contribution in [0.4, 0.5) is 5.82 Å². The third-order valence-corrected chi connectivity index (χ3v) is 5.26. The van der Waals surface area contributed by atoms with Crippen molar-refractivity contribution in [1.29, 1.82) is 0 Å². The molecule has 1 aromatic rings. The molecule has 21 heavy (non-hydrogen) atoms. The third-order valence-electron chi connectivity index (χ3n) is 5.26. The van der Waals surface area contributed by atoms with Crippen molar-refractivity contribution < 1.29 is 0 Å². The molecule has 4 rings (SSSR count). The number of aromatic nitrogens is 2. The second kappa shape index (κ2) is 5.13. The fraction of sp³-hybridized carbons (Fsp3) is 0.750. The minimum Gasteiger partial charge on any atom is -0.356 e. The number of nitrogens with zero attached hydrogens (tertiary/aromatic N) is 2. The van der Waals surface area contributed by atoms with E-state index in [9.17, 15) is 4.79 Å². The lowest BCUT2D eigenvalue weighted by Crippen LogP contribution is -2.51. The van der Waals surface area contributed by atoms with Gasteiger partial charge in [0.15, 0.2) is 0 Å². The van der Waals surface area contributed by atoms with E-state index in [4.69, 9.17) is 4.98 Å². The summed E-state index contributed by atoms with van der Waals surface area (Å²) in [6.07, 6.45) is 7.41. The number of piperidine rings is 2. The second-order valence-corrected chi connectivity index (χ2v) is 7.07. The van der Waals surface area contributed by atoms with Crippen LogP contribution in [0.5, 0.6) is 0 Å². The van der Waals surface area contributed by atoms with E-state index in [1.165, 1.54) is 38.5 Å². The van der Waals surface area contributed by atoms with Gasteiger partial charge in [0.2, 0.25) is 0 Å². The van der Waals surface area contributed by atoms with Crippen molar-refractivity contribution in [2.24, 2.45) is 5.41 Å². The predicted octanol–water partition coefficient (Wildman–Crippen LogP) is 1.62. The molecule has 5 heteroatoms. The normalized spacial score (nSPS) is 29.8. The van der Waals surface area contributed by atoms with Gasteiger partial charge in [-0.15, -0.1) is 0 Å². The van der Waals surface area contributed by atoms with E-state index in [-0.39, 0.29) is 5.56 Å². The lowest BCUT2D eigenvalue weighted by molar-refractivity contribution is 0.173. The Morgan fingerprint density at radius 3 is 2.90 bits per heavy atom. The van der Waals surface area contributed by atoms with Crippen LogP contribution in [0, 0.1) is 5.41 Å². The van der Waals surface area contributed by atoms with Crippen molar-refractivity contribution in [3.63, 3.8) is 0 Å². The molecule has 3 heterocycles. The molecule has 2 saturated heterocycles. The van der Waals surface area contributed by atoms with E-state index in [0.717, 1.165) is 37.8 Å². The van der Waals surface area contributed by atoms with Crippen molar-refractivity contribution in [2.75, 3.05) is 31.1 Å². The lowest BCUT2D eigenvalue weighted by Gasteiger charge is -2.45. The third kappa shape index (κ3) is 2.71. The van der Waals surface area contributed by atoms with Crippen LogP contribution < -0.4 is 15.8 Å². The Bertz CT molecular complexity index is 566. The maximum Gasteiger partial charge on any atom is 0.252 e. The Labute approximate surface area is 125 Å². The SMILES string of the molecule is O=c1cc(N2CCCC3(CCCNC3)C2)nc(C2CC2)[nH]1. The summed E-state index contributed by atoms with van der Waals surface area (Å²) in [6.45, 7) is 4.34. The highest BCUT2D eigenvalue weighted by molar-refractivity contribution is 5.39. The zero-order valence-corrected chi connectivity index (χ0v) is 12.5. The first kappa shape index (κ1) is 13.3. The topological polar surface area (TPSA) is 61.0 Å². The molecule has 0 amide bonds. The molecule has 3 aliphatic rings. The maximum atomic E-state index is 11.9. The zero-order chi connectivity index (χ0) is 14.3. The van der Waals surface area contributed by atoms with Gasteiger partial charge < -0.3 is 15.2 Å². The monoisotopic (exact) mass is 288 g/mol. The van der Waals surface area contributed by atoms with E-state index in [0.29, 0.717) is 11.3 Å². The summed E-state index contributed by atoms with van der Waals surface area (Å²) >= 11 is 0. The van der Waals surface area contributed by atoms with Gasteiger partial charge in [0, 0.05) is 37.0 Å². The smallest absolute Gasteiger partial charge is 0.252 e. The highest BCUT2D eigenvalue weighted by Gasteiger charge is 2.37. The Morgan fingerprint density at radius 2 is 2.14 bits per heavy atom. The summed E-state index contributed by atoms with van der Waals surface area (Å²) in [5.74, 6) is 2.29. The minimum absolute atomic E-state index is 0.00305. The Balaban J connectivity index is 1.59. The van der Waals surface area contributed by atoms with Gasteiger partial charge in [-0.05, 0) is 45.1 Å². The fourth-order valence-corrected chi connectivity index (χ4v) is 3.96. The Morgan fingerprint density at radius 1 is 1.29 bits per heavy atom. The number of hydrogen-bond acceptors (Lipinski definition) is 4. The first-order valence-electron chi connectivity index (χ1n) is 8.31. The first-order valence-corrected chi connectivity index (χ1v) is 8.31.